The number of hydrogen-bond donors (Lipinski definition) is 0. The summed E-state index contributed by atoms with van der Waals surface area (Å²) in [5, 5.41) is 0. The molecule has 2 atom stereocenters. The molecule has 0 aromatic heterocycles. The number of hydrogen-bond acceptors (Lipinski definition) is 0. The monoisotopic (exact) mass is 202 g/mol. The normalized spacial score (nSPS) is 19.5. The van der Waals surface area contributed by atoms with Gasteiger partial charge in [-0.3, -0.25) is 0 Å². The topological polar surface area (TPSA) is 0 Å². The van der Waals surface area contributed by atoms with E-state index in [2.05, 4.69) is 39.1 Å². The molecular formula is C10H19ClSi. The summed E-state index contributed by atoms with van der Waals surface area (Å²) in [7, 11) is -1.74. The number of halogens is 1. The average Bonchev–Trinajstić information content (AvgIpc) is 1.99. The van der Waals surface area contributed by atoms with Crippen LogP contribution in [0, 0.1) is 5.92 Å². The second-order valence-electron chi connectivity index (χ2n) is 3.65. The van der Waals surface area contributed by atoms with E-state index in [0.29, 0.717) is 11.5 Å². The van der Waals surface area contributed by atoms with Crippen molar-refractivity contribution in [2.75, 3.05) is 0 Å². The third kappa shape index (κ3) is 3.16. The first kappa shape index (κ1) is 12.0. The predicted molar refractivity (Wildman–Crippen MR) is 61.1 cm³/mol. The maximum atomic E-state index is 6.43. The van der Waals surface area contributed by atoms with Crippen molar-refractivity contribution in [1.29, 1.82) is 0 Å². The molecule has 0 rings (SSSR count). The summed E-state index contributed by atoms with van der Waals surface area (Å²) >= 11 is 6.43. The lowest BCUT2D eigenvalue weighted by Crippen LogP contribution is -2.29. The van der Waals surface area contributed by atoms with Crippen molar-refractivity contribution < 1.29 is 0 Å². The van der Waals surface area contributed by atoms with E-state index < -0.39 is 7.38 Å². The SMILES string of the molecule is C=C[Si](C)(Cl)C(/C=C\C)C(C)C. The Kier molecular flexibility index (Phi) is 4.87. The van der Waals surface area contributed by atoms with Gasteiger partial charge in [-0.05, 0) is 18.4 Å². The van der Waals surface area contributed by atoms with Crippen molar-refractivity contribution in [3.05, 3.63) is 24.4 Å². The Morgan fingerprint density at radius 1 is 1.42 bits per heavy atom. The summed E-state index contributed by atoms with van der Waals surface area (Å²) in [5.74, 6) is 0.605. The highest BCUT2D eigenvalue weighted by atomic mass is 35.6. The molecular weight excluding hydrogens is 184 g/mol. The first-order chi connectivity index (χ1) is 5.45. The molecule has 0 spiro atoms. The van der Waals surface area contributed by atoms with Crippen LogP contribution in [-0.4, -0.2) is 7.38 Å². The fourth-order valence-corrected chi connectivity index (χ4v) is 4.52. The lowest BCUT2D eigenvalue weighted by atomic mass is 10.1. The Balaban J connectivity index is 4.61. The van der Waals surface area contributed by atoms with Crippen LogP contribution in [0.5, 0.6) is 0 Å². The molecule has 0 aromatic carbocycles. The highest BCUT2D eigenvalue weighted by molar-refractivity contribution is 7.23. The van der Waals surface area contributed by atoms with Gasteiger partial charge in [-0.25, -0.2) is 0 Å². The Morgan fingerprint density at radius 2 is 1.92 bits per heavy atom. The zero-order chi connectivity index (χ0) is 9.78. The highest BCUT2D eigenvalue weighted by Gasteiger charge is 2.31. The van der Waals surface area contributed by atoms with Crippen LogP contribution < -0.4 is 0 Å². The fraction of sp³-hybridized carbons (Fsp3) is 0.600. The van der Waals surface area contributed by atoms with Crippen molar-refractivity contribution >= 4 is 18.5 Å². The second kappa shape index (κ2) is 4.88. The van der Waals surface area contributed by atoms with Gasteiger partial charge in [-0.1, -0.05) is 38.2 Å². The van der Waals surface area contributed by atoms with Crippen LogP contribution in [0.15, 0.2) is 24.4 Å². The van der Waals surface area contributed by atoms with Crippen LogP contribution in [0.3, 0.4) is 0 Å². The molecule has 0 aliphatic heterocycles. The van der Waals surface area contributed by atoms with Gasteiger partial charge in [0.15, 0.2) is 7.38 Å². The van der Waals surface area contributed by atoms with Gasteiger partial charge in [0.2, 0.25) is 0 Å². The zero-order valence-electron chi connectivity index (χ0n) is 8.47. The smallest absolute Gasteiger partial charge is 0.161 e. The molecule has 70 valence electrons. The molecule has 2 heteroatoms. The van der Waals surface area contributed by atoms with Gasteiger partial charge in [0.05, 0.1) is 0 Å². The molecule has 0 amide bonds. The molecule has 0 saturated heterocycles. The largest absolute Gasteiger partial charge is 0.183 e. The first-order valence-corrected chi connectivity index (χ1v) is 8.07. The average molecular weight is 203 g/mol. The van der Waals surface area contributed by atoms with Gasteiger partial charge in [0, 0.05) is 0 Å². The minimum absolute atomic E-state index is 0.502. The standard InChI is InChI=1S/C10H19ClSi/c1-6-8-10(9(3)4)12(5,11)7-2/h6-10H,2H2,1,3-5H3/b8-6-. The molecule has 2 unspecified atom stereocenters. The van der Waals surface area contributed by atoms with Crippen LogP contribution in [0.2, 0.25) is 12.1 Å². The zero-order valence-corrected chi connectivity index (χ0v) is 10.2. The summed E-state index contributed by atoms with van der Waals surface area (Å²) in [6.07, 6.45) is 4.30. The molecule has 0 radical (unpaired) electrons. The molecule has 0 N–H and O–H groups in total. The van der Waals surface area contributed by atoms with Gasteiger partial charge in [0.25, 0.3) is 0 Å². The minimum Gasteiger partial charge on any atom is -0.161 e. The van der Waals surface area contributed by atoms with Crippen molar-refractivity contribution in [3.8, 4) is 0 Å². The molecule has 0 aliphatic carbocycles. The van der Waals surface area contributed by atoms with E-state index in [-0.39, 0.29) is 0 Å². The van der Waals surface area contributed by atoms with E-state index in [1.165, 1.54) is 0 Å². The Labute approximate surface area is 82.0 Å². The molecule has 0 bridgehead atoms. The van der Waals surface area contributed by atoms with E-state index in [9.17, 15) is 0 Å². The van der Waals surface area contributed by atoms with Gasteiger partial charge in [-0.2, -0.15) is 11.1 Å². The summed E-state index contributed by atoms with van der Waals surface area (Å²) in [6, 6.07) is 0. The summed E-state index contributed by atoms with van der Waals surface area (Å²) in [5.41, 5.74) is 2.46. The quantitative estimate of drug-likeness (QED) is 0.366. The summed E-state index contributed by atoms with van der Waals surface area (Å²) in [4.78, 5) is 0. The van der Waals surface area contributed by atoms with Crippen LogP contribution >= 0.6 is 11.1 Å². The van der Waals surface area contributed by atoms with E-state index in [4.69, 9.17) is 11.1 Å². The second-order valence-corrected chi connectivity index (χ2v) is 9.47. The van der Waals surface area contributed by atoms with Gasteiger partial charge in [0.1, 0.15) is 0 Å². The van der Waals surface area contributed by atoms with E-state index >= 15 is 0 Å². The van der Waals surface area contributed by atoms with E-state index in [1.54, 1.807) is 0 Å². The van der Waals surface area contributed by atoms with Crippen molar-refractivity contribution in [2.45, 2.75) is 32.9 Å². The Morgan fingerprint density at radius 3 is 2.17 bits per heavy atom. The van der Waals surface area contributed by atoms with Crippen LogP contribution in [0.4, 0.5) is 0 Å². The maximum absolute atomic E-state index is 6.43. The summed E-state index contributed by atoms with van der Waals surface area (Å²) in [6.45, 7) is 12.4. The van der Waals surface area contributed by atoms with Crippen LogP contribution in [0.1, 0.15) is 20.8 Å². The van der Waals surface area contributed by atoms with Crippen molar-refractivity contribution in [3.63, 3.8) is 0 Å². The number of allylic oxidation sites excluding steroid dienone is 2. The molecule has 0 nitrogen and oxygen atoms in total. The molecule has 0 heterocycles. The first-order valence-electron chi connectivity index (χ1n) is 4.41. The van der Waals surface area contributed by atoms with E-state index in [0.717, 1.165) is 0 Å². The predicted octanol–water partition coefficient (Wildman–Crippen LogP) is 4.13. The molecule has 0 fully saturated rings. The Hall–Kier alpha value is -0.0131. The third-order valence-electron chi connectivity index (χ3n) is 2.17. The van der Waals surface area contributed by atoms with Gasteiger partial charge < -0.3 is 0 Å². The third-order valence-corrected chi connectivity index (χ3v) is 6.35. The lowest BCUT2D eigenvalue weighted by molar-refractivity contribution is 0.650. The van der Waals surface area contributed by atoms with Gasteiger partial charge >= 0.3 is 0 Å². The minimum atomic E-state index is -1.74. The fourth-order valence-electron chi connectivity index (χ4n) is 1.41. The molecule has 0 saturated carbocycles. The lowest BCUT2D eigenvalue weighted by Gasteiger charge is -2.27. The van der Waals surface area contributed by atoms with E-state index in [1.807, 2.05) is 12.6 Å². The number of rotatable bonds is 4. The van der Waals surface area contributed by atoms with Crippen LogP contribution in [0.25, 0.3) is 0 Å². The highest BCUT2D eigenvalue weighted by Crippen LogP contribution is 2.34. The summed E-state index contributed by atoms with van der Waals surface area (Å²) < 4.78 is 0. The molecule has 12 heavy (non-hydrogen) atoms. The maximum Gasteiger partial charge on any atom is 0.183 e. The van der Waals surface area contributed by atoms with Crippen molar-refractivity contribution in [1.82, 2.24) is 0 Å². The molecule has 0 aliphatic rings. The Bertz CT molecular complexity index is 171. The van der Waals surface area contributed by atoms with Crippen LogP contribution in [-0.2, 0) is 0 Å². The molecule has 0 aromatic rings. The van der Waals surface area contributed by atoms with Crippen molar-refractivity contribution in [2.24, 2.45) is 5.92 Å². The van der Waals surface area contributed by atoms with Gasteiger partial charge in [-0.15, -0.1) is 6.58 Å².